The van der Waals surface area contributed by atoms with Crippen molar-refractivity contribution in [2.45, 2.75) is 24.7 Å². The Hall–Kier alpha value is -2.69. The van der Waals surface area contributed by atoms with Gasteiger partial charge in [0.15, 0.2) is 0 Å². The number of hydrogen-bond acceptors (Lipinski definition) is 8. The van der Waals surface area contributed by atoms with Gasteiger partial charge in [-0.3, -0.25) is 4.57 Å². The first kappa shape index (κ1) is 24.4. The van der Waals surface area contributed by atoms with Crippen LogP contribution in [0, 0.1) is 0 Å². The number of nitrogens with one attached hydrogen (secondary N) is 1. The van der Waals surface area contributed by atoms with Crippen LogP contribution in [0.25, 0.3) is 10.8 Å². The van der Waals surface area contributed by atoms with E-state index in [-0.39, 0.29) is 17.4 Å². The van der Waals surface area contributed by atoms with E-state index >= 15 is 0 Å². The number of carbonyl (C=O) groups is 1. The fraction of sp³-hybridized carbons (Fsp3) is 0.286. The molecule has 0 spiro atoms. The molecule has 0 aliphatic carbocycles. The molecule has 1 saturated heterocycles. The summed E-state index contributed by atoms with van der Waals surface area (Å²) in [6, 6.07) is 13.0. The van der Waals surface area contributed by atoms with Gasteiger partial charge in [0.25, 0.3) is 5.92 Å². The fourth-order valence-electron chi connectivity index (χ4n) is 3.36. The average Bonchev–Trinajstić information content (AvgIpc) is 3.11. The highest BCUT2D eigenvalue weighted by Crippen LogP contribution is 2.43. The minimum absolute atomic E-state index is 0.0587. The molecule has 13 heteroatoms. The third-order valence-corrected chi connectivity index (χ3v) is 6.53. The molecule has 1 aromatic heterocycles. The molecule has 2 heterocycles. The number of halogens is 3. The van der Waals surface area contributed by atoms with Gasteiger partial charge in [0.1, 0.15) is 30.2 Å². The van der Waals surface area contributed by atoms with Crippen LogP contribution < -0.4 is 21.0 Å². The lowest BCUT2D eigenvalue weighted by atomic mass is 10.1. The van der Waals surface area contributed by atoms with Crippen LogP contribution in [0.1, 0.15) is 12.6 Å². The predicted molar refractivity (Wildman–Crippen MR) is 123 cm³/mol. The van der Waals surface area contributed by atoms with Gasteiger partial charge in [-0.1, -0.05) is 41.9 Å². The number of alkyl halides is 2. The van der Waals surface area contributed by atoms with Gasteiger partial charge in [0.05, 0.1) is 24.6 Å². The van der Waals surface area contributed by atoms with Crippen molar-refractivity contribution in [3.05, 3.63) is 64.2 Å². The van der Waals surface area contributed by atoms with Crippen LogP contribution in [0.3, 0.4) is 0 Å². The molecule has 0 saturated carbocycles. The predicted octanol–water partition coefficient (Wildman–Crippen LogP) is 3.67. The van der Waals surface area contributed by atoms with Gasteiger partial charge < -0.3 is 24.3 Å². The molecular weight excluding hydrogens is 493 g/mol. The molecule has 3 aromatic rings. The normalized spacial score (nSPS) is 20.3. The van der Waals surface area contributed by atoms with E-state index < -0.39 is 45.5 Å². The number of carbonyl (C=O) groups excluding carboxylic acids is 1. The summed E-state index contributed by atoms with van der Waals surface area (Å²) in [5, 5.41) is 4.59. The molecule has 4 rings (SSSR count). The summed E-state index contributed by atoms with van der Waals surface area (Å²) in [4.78, 5) is 26.4. The van der Waals surface area contributed by atoms with Crippen molar-refractivity contribution in [1.82, 2.24) is 14.6 Å². The molecule has 34 heavy (non-hydrogen) atoms. The van der Waals surface area contributed by atoms with Gasteiger partial charge >= 0.3 is 14.2 Å². The zero-order valence-electron chi connectivity index (χ0n) is 17.6. The van der Waals surface area contributed by atoms with E-state index in [0.717, 1.165) is 21.5 Å². The van der Waals surface area contributed by atoms with Crippen molar-refractivity contribution < 1.29 is 27.4 Å². The van der Waals surface area contributed by atoms with Crippen molar-refractivity contribution in [2.24, 2.45) is 0 Å². The van der Waals surface area contributed by atoms with Crippen molar-refractivity contribution in [3.63, 3.8) is 0 Å². The number of ether oxygens (including phenoxy) is 1. The Bertz CT molecular complexity index is 1250. The number of rotatable bonds is 9. The van der Waals surface area contributed by atoms with Crippen LogP contribution in [-0.2, 0) is 14.1 Å². The first-order valence-corrected chi connectivity index (χ1v) is 11.7. The van der Waals surface area contributed by atoms with Crippen LogP contribution >= 0.6 is 20.1 Å². The van der Waals surface area contributed by atoms with Gasteiger partial charge in [0.2, 0.25) is 0 Å². The van der Waals surface area contributed by atoms with Crippen LogP contribution in [0.15, 0.2) is 53.5 Å². The molecule has 1 aliphatic heterocycles. The van der Waals surface area contributed by atoms with Crippen molar-refractivity contribution in [2.75, 3.05) is 18.9 Å². The van der Waals surface area contributed by atoms with Gasteiger partial charge in [-0.05, 0) is 22.9 Å². The standard InChI is InChI=1S/C21H20ClF2N4O5P/c22-16-11-28(20(30)27-19(16)25)18-10-21(23,24)17(32-18)12-31-34(26-7-8-29)33-15-6-5-13-3-1-2-4-14(13)9-15/h1-6,8-9,11,17-18,26H,7,10,12H2,(H2,25,27,30). The van der Waals surface area contributed by atoms with Crippen molar-refractivity contribution in [3.8, 4) is 5.75 Å². The number of nitrogens with zero attached hydrogens (tertiary/aromatic N) is 2. The van der Waals surface area contributed by atoms with E-state index in [1.165, 1.54) is 0 Å². The van der Waals surface area contributed by atoms with Crippen LogP contribution in [0.2, 0.25) is 5.02 Å². The lowest BCUT2D eigenvalue weighted by Gasteiger charge is -2.22. The van der Waals surface area contributed by atoms with E-state index in [9.17, 15) is 18.4 Å². The van der Waals surface area contributed by atoms with Gasteiger partial charge in [0, 0.05) is 6.20 Å². The van der Waals surface area contributed by atoms with Gasteiger partial charge in [-0.25, -0.2) is 18.7 Å². The summed E-state index contributed by atoms with van der Waals surface area (Å²) >= 11 is 5.87. The molecular formula is C21H20ClF2N4O5P. The fourth-order valence-corrected chi connectivity index (χ4v) is 4.52. The van der Waals surface area contributed by atoms with Gasteiger partial charge in [-0.2, -0.15) is 4.98 Å². The second kappa shape index (κ2) is 10.3. The lowest BCUT2D eigenvalue weighted by molar-refractivity contribution is -0.107. The largest absolute Gasteiger partial charge is 0.436 e. The number of benzene rings is 2. The highest BCUT2D eigenvalue weighted by molar-refractivity contribution is 7.45. The summed E-state index contributed by atoms with van der Waals surface area (Å²) in [6.07, 6.45) is -2.06. The molecule has 3 atom stereocenters. The average molecular weight is 513 g/mol. The number of nitrogen functional groups attached to an aromatic ring is 1. The third-order valence-electron chi connectivity index (χ3n) is 5.04. The van der Waals surface area contributed by atoms with E-state index in [2.05, 4.69) is 10.1 Å². The molecule has 180 valence electrons. The first-order chi connectivity index (χ1) is 16.3. The van der Waals surface area contributed by atoms with E-state index in [1.807, 2.05) is 30.3 Å². The quantitative estimate of drug-likeness (QED) is 0.329. The monoisotopic (exact) mass is 512 g/mol. The molecule has 0 amide bonds. The Balaban J connectivity index is 1.45. The minimum atomic E-state index is -3.31. The van der Waals surface area contributed by atoms with Crippen LogP contribution in [-0.4, -0.2) is 41.0 Å². The first-order valence-electron chi connectivity index (χ1n) is 10.1. The minimum Gasteiger partial charge on any atom is -0.436 e. The third kappa shape index (κ3) is 5.51. The molecule has 0 bridgehead atoms. The Morgan fingerprint density at radius 3 is 2.85 bits per heavy atom. The Kier molecular flexibility index (Phi) is 7.39. The Morgan fingerprint density at radius 2 is 2.09 bits per heavy atom. The molecule has 1 aliphatic rings. The number of aromatic nitrogens is 2. The SMILES string of the molecule is Nc1nc(=O)n(C2CC(F)(F)C(COP(NCC=O)Oc3ccc4ccccc4c3)O2)cc1Cl. The molecule has 2 aromatic carbocycles. The van der Waals surface area contributed by atoms with Gasteiger partial charge in [-0.15, -0.1) is 0 Å². The topological polar surface area (TPSA) is 118 Å². The maximum atomic E-state index is 14.7. The molecule has 1 fully saturated rings. The maximum absolute atomic E-state index is 14.7. The summed E-state index contributed by atoms with van der Waals surface area (Å²) in [5.74, 6) is -3.08. The molecule has 0 radical (unpaired) electrons. The highest BCUT2D eigenvalue weighted by atomic mass is 35.5. The zero-order chi connectivity index (χ0) is 24.3. The highest BCUT2D eigenvalue weighted by Gasteiger charge is 2.51. The summed E-state index contributed by atoms with van der Waals surface area (Å²) < 4.78 is 46.9. The Labute approximate surface area is 198 Å². The van der Waals surface area contributed by atoms with Crippen LogP contribution in [0.5, 0.6) is 5.75 Å². The number of nitrogens with two attached hydrogens (primary N) is 1. The van der Waals surface area contributed by atoms with E-state index in [4.69, 9.17) is 31.1 Å². The van der Waals surface area contributed by atoms with Crippen LogP contribution in [0.4, 0.5) is 14.6 Å². The number of hydrogen-bond donors (Lipinski definition) is 2. The molecule has 9 nitrogen and oxygen atoms in total. The Morgan fingerprint density at radius 1 is 1.32 bits per heavy atom. The summed E-state index contributed by atoms with van der Waals surface area (Å²) in [7, 11) is -1.95. The number of fused-ring (bicyclic) bond motifs is 1. The zero-order valence-corrected chi connectivity index (χ0v) is 19.2. The summed E-state index contributed by atoms with van der Waals surface area (Å²) in [6.45, 7) is -0.658. The second-order valence-electron chi connectivity index (χ2n) is 7.39. The molecule has 3 unspecified atom stereocenters. The second-order valence-corrected chi connectivity index (χ2v) is 9.07. The van der Waals surface area contributed by atoms with Crippen molar-refractivity contribution in [1.29, 1.82) is 0 Å². The number of aldehydes is 1. The smallest absolute Gasteiger partial charge is 0.351 e. The summed E-state index contributed by atoms with van der Waals surface area (Å²) in [5.41, 5.74) is 4.61. The molecule has 3 N–H and O–H groups in total. The maximum Gasteiger partial charge on any atom is 0.351 e. The van der Waals surface area contributed by atoms with E-state index in [0.29, 0.717) is 12.0 Å². The van der Waals surface area contributed by atoms with E-state index in [1.54, 1.807) is 12.1 Å². The van der Waals surface area contributed by atoms with Crippen molar-refractivity contribution >= 4 is 43.0 Å². The lowest BCUT2D eigenvalue weighted by Crippen LogP contribution is -2.33. The number of anilines is 1.